The summed E-state index contributed by atoms with van der Waals surface area (Å²) in [4.78, 5) is 8.76. The van der Waals surface area contributed by atoms with Crippen molar-refractivity contribution in [2.75, 3.05) is 10.0 Å². The van der Waals surface area contributed by atoms with Gasteiger partial charge in [-0.2, -0.15) is 4.98 Å². The van der Waals surface area contributed by atoms with Crippen molar-refractivity contribution in [3.05, 3.63) is 72.8 Å². The fraction of sp³-hybridized carbons (Fsp3) is 0. The monoisotopic (exact) mass is 422 g/mol. The number of benzene rings is 3. The second-order valence-electron chi connectivity index (χ2n) is 6.23. The summed E-state index contributed by atoms with van der Waals surface area (Å²) >= 11 is 1.53. The molecule has 0 fully saturated rings. The molecular formula is C20H14N4O3S2. The van der Waals surface area contributed by atoms with Crippen LogP contribution in [0.15, 0.2) is 82.1 Å². The van der Waals surface area contributed by atoms with Crippen molar-refractivity contribution >= 4 is 59.5 Å². The highest BCUT2D eigenvalue weighted by molar-refractivity contribution is 7.92. The maximum absolute atomic E-state index is 12.6. The van der Waals surface area contributed by atoms with E-state index in [1.807, 2.05) is 24.3 Å². The quantitative estimate of drug-likeness (QED) is 0.414. The van der Waals surface area contributed by atoms with E-state index in [2.05, 4.69) is 20.0 Å². The van der Waals surface area contributed by atoms with Crippen molar-refractivity contribution in [2.45, 2.75) is 4.90 Å². The first-order valence-electron chi connectivity index (χ1n) is 8.68. The summed E-state index contributed by atoms with van der Waals surface area (Å²) in [6.07, 6.45) is 0. The zero-order chi connectivity index (χ0) is 19.8. The van der Waals surface area contributed by atoms with Gasteiger partial charge in [0.2, 0.25) is 0 Å². The smallest absolute Gasteiger partial charge is 0.309 e. The van der Waals surface area contributed by atoms with Crippen molar-refractivity contribution in [3.63, 3.8) is 0 Å². The van der Waals surface area contributed by atoms with Crippen LogP contribution in [0.1, 0.15) is 0 Å². The van der Waals surface area contributed by atoms with E-state index < -0.39 is 10.0 Å². The number of aromatic nitrogens is 2. The minimum atomic E-state index is -3.82. The molecule has 2 N–H and O–H groups in total. The Bertz CT molecular complexity index is 1360. The van der Waals surface area contributed by atoms with Gasteiger partial charge in [0.1, 0.15) is 5.52 Å². The highest BCUT2D eigenvalue weighted by Gasteiger charge is 2.17. The first-order chi connectivity index (χ1) is 14.1. The summed E-state index contributed by atoms with van der Waals surface area (Å²) in [6.45, 7) is 0. The summed E-state index contributed by atoms with van der Waals surface area (Å²) in [7, 11) is -3.82. The third-order valence-electron chi connectivity index (χ3n) is 4.23. The lowest BCUT2D eigenvalue weighted by Gasteiger charge is -2.06. The SMILES string of the molecule is O=S(=O)(Nc1nc2ccccc2o1)c1ccc(Nc2nc3ccccc3s2)cc1. The molecule has 2 heterocycles. The third kappa shape index (κ3) is 3.53. The standard InChI is InChI=1S/C20H14N4O3S2/c25-29(26,24-19-22-15-5-1-3-7-17(15)27-19)14-11-9-13(10-12-14)21-20-23-16-6-2-4-8-18(16)28-20/h1-12H,(H,21,23)(H,22,24). The molecule has 0 spiro atoms. The zero-order valence-corrected chi connectivity index (χ0v) is 16.5. The van der Waals surface area contributed by atoms with E-state index in [0.717, 1.165) is 21.0 Å². The molecule has 0 atom stereocenters. The predicted molar refractivity (Wildman–Crippen MR) is 114 cm³/mol. The second-order valence-corrected chi connectivity index (χ2v) is 8.94. The third-order valence-corrected chi connectivity index (χ3v) is 6.51. The van der Waals surface area contributed by atoms with Crippen molar-refractivity contribution < 1.29 is 12.8 Å². The van der Waals surface area contributed by atoms with Gasteiger partial charge in [-0.3, -0.25) is 0 Å². The lowest BCUT2D eigenvalue weighted by molar-refractivity contribution is 0.591. The molecule has 0 bridgehead atoms. The van der Waals surface area contributed by atoms with Crippen LogP contribution in [-0.2, 0) is 10.0 Å². The number of fused-ring (bicyclic) bond motifs is 2. The van der Waals surface area contributed by atoms with E-state index in [1.165, 1.54) is 23.5 Å². The molecule has 0 saturated carbocycles. The molecule has 0 radical (unpaired) electrons. The highest BCUT2D eigenvalue weighted by Crippen LogP contribution is 2.28. The molecule has 5 rings (SSSR count). The zero-order valence-electron chi connectivity index (χ0n) is 14.9. The molecular weight excluding hydrogens is 408 g/mol. The predicted octanol–water partition coefficient (Wildman–Crippen LogP) is 4.98. The average molecular weight is 422 g/mol. The lowest BCUT2D eigenvalue weighted by atomic mass is 10.3. The maximum Gasteiger partial charge on any atom is 0.309 e. The minimum Gasteiger partial charge on any atom is -0.423 e. The van der Waals surface area contributed by atoms with Crippen LogP contribution in [0.4, 0.5) is 16.8 Å². The molecule has 3 aromatic carbocycles. The van der Waals surface area contributed by atoms with Crippen LogP contribution < -0.4 is 10.0 Å². The van der Waals surface area contributed by atoms with E-state index in [-0.39, 0.29) is 10.9 Å². The minimum absolute atomic E-state index is 0.0668. The van der Waals surface area contributed by atoms with Gasteiger partial charge in [0, 0.05) is 5.69 Å². The normalized spacial score (nSPS) is 11.7. The van der Waals surface area contributed by atoms with Crippen LogP contribution in [0.3, 0.4) is 0 Å². The van der Waals surface area contributed by atoms with Gasteiger partial charge in [0.15, 0.2) is 10.7 Å². The van der Waals surface area contributed by atoms with Crippen LogP contribution in [0.25, 0.3) is 21.3 Å². The maximum atomic E-state index is 12.6. The van der Waals surface area contributed by atoms with Crippen LogP contribution in [0, 0.1) is 0 Å². The van der Waals surface area contributed by atoms with E-state index in [9.17, 15) is 8.42 Å². The summed E-state index contributed by atoms with van der Waals surface area (Å²) in [6, 6.07) is 21.3. The van der Waals surface area contributed by atoms with Crippen LogP contribution in [0.5, 0.6) is 0 Å². The molecule has 0 saturated heterocycles. The Balaban J connectivity index is 1.35. The largest absolute Gasteiger partial charge is 0.423 e. The Morgan fingerprint density at radius 1 is 0.828 bits per heavy atom. The van der Waals surface area contributed by atoms with Crippen LogP contribution in [-0.4, -0.2) is 18.4 Å². The molecule has 7 nitrogen and oxygen atoms in total. The summed E-state index contributed by atoms with van der Waals surface area (Å²) < 4.78 is 34.1. The summed E-state index contributed by atoms with van der Waals surface area (Å²) in [5.41, 5.74) is 2.76. The molecule has 0 unspecified atom stereocenters. The van der Waals surface area contributed by atoms with Gasteiger partial charge in [-0.1, -0.05) is 35.6 Å². The summed E-state index contributed by atoms with van der Waals surface area (Å²) in [5, 5.41) is 3.94. The number of oxazole rings is 1. The number of anilines is 3. The van der Waals surface area contributed by atoms with Gasteiger partial charge in [-0.05, 0) is 48.5 Å². The number of nitrogens with zero attached hydrogens (tertiary/aromatic N) is 2. The Morgan fingerprint density at radius 3 is 2.31 bits per heavy atom. The molecule has 144 valence electrons. The number of sulfonamides is 1. The number of para-hydroxylation sites is 3. The molecule has 2 aromatic heterocycles. The Morgan fingerprint density at radius 2 is 1.55 bits per heavy atom. The molecule has 0 aliphatic rings. The van der Waals surface area contributed by atoms with E-state index >= 15 is 0 Å². The van der Waals surface area contributed by atoms with Gasteiger partial charge >= 0.3 is 6.01 Å². The Kier molecular flexibility index (Phi) is 4.18. The van der Waals surface area contributed by atoms with Gasteiger partial charge in [-0.15, -0.1) is 0 Å². The van der Waals surface area contributed by atoms with E-state index in [0.29, 0.717) is 11.1 Å². The highest BCUT2D eigenvalue weighted by atomic mass is 32.2. The number of hydrogen-bond donors (Lipinski definition) is 2. The number of rotatable bonds is 5. The molecule has 9 heteroatoms. The summed E-state index contributed by atoms with van der Waals surface area (Å²) in [5.74, 6) is 0. The molecule has 5 aromatic rings. The van der Waals surface area contributed by atoms with Gasteiger partial charge in [0.05, 0.1) is 15.1 Å². The number of thiazole rings is 1. The van der Waals surface area contributed by atoms with Gasteiger partial charge in [0.25, 0.3) is 10.0 Å². The fourth-order valence-electron chi connectivity index (χ4n) is 2.86. The van der Waals surface area contributed by atoms with Crippen molar-refractivity contribution in [1.29, 1.82) is 0 Å². The Labute approximate surface area is 170 Å². The lowest BCUT2D eigenvalue weighted by Crippen LogP contribution is -2.13. The van der Waals surface area contributed by atoms with Crippen molar-refractivity contribution in [2.24, 2.45) is 0 Å². The number of hydrogen-bond acceptors (Lipinski definition) is 7. The first-order valence-corrected chi connectivity index (χ1v) is 11.0. The first kappa shape index (κ1) is 17.7. The van der Waals surface area contributed by atoms with Gasteiger partial charge < -0.3 is 9.73 Å². The molecule has 0 aliphatic carbocycles. The van der Waals surface area contributed by atoms with Crippen LogP contribution >= 0.6 is 11.3 Å². The molecule has 0 amide bonds. The van der Waals surface area contributed by atoms with Gasteiger partial charge in [-0.25, -0.2) is 18.1 Å². The van der Waals surface area contributed by atoms with E-state index in [1.54, 1.807) is 36.4 Å². The Hall–Kier alpha value is -3.43. The molecule has 29 heavy (non-hydrogen) atoms. The average Bonchev–Trinajstić information content (AvgIpc) is 3.30. The topological polar surface area (TPSA) is 97.1 Å². The van der Waals surface area contributed by atoms with Crippen molar-refractivity contribution in [1.82, 2.24) is 9.97 Å². The molecule has 0 aliphatic heterocycles. The number of nitrogens with one attached hydrogen (secondary N) is 2. The second kappa shape index (κ2) is 6.87. The fourth-order valence-corrected chi connectivity index (χ4v) is 4.67. The van der Waals surface area contributed by atoms with Crippen LogP contribution in [0.2, 0.25) is 0 Å². The van der Waals surface area contributed by atoms with Crippen molar-refractivity contribution in [3.8, 4) is 0 Å². The van der Waals surface area contributed by atoms with E-state index in [4.69, 9.17) is 4.42 Å².